The van der Waals surface area contributed by atoms with Crippen molar-refractivity contribution in [3.63, 3.8) is 0 Å². The van der Waals surface area contributed by atoms with Crippen LogP contribution in [0.4, 0.5) is 0 Å². The summed E-state index contributed by atoms with van der Waals surface area (Å²) in [7, 11) is 0. The lowest BCUT2D eigenvalue weighted by molar-refractivity contribution is 0.197. The molecule has 2 aromatic rings. The third kappa shape index (κ3) is 4.61. The molecule has 1 aromatic carbocycles. The molecular formula is C16H23N3OS. The first kappa shape index (κ1) is 16.1. The van der Waals surface area contributed by atoms with E-state index in [2.05, 4.69) is 46.5 Å². The van der Waals surface area contributed by atoms with Crippen LogP contribution in [0, 0.1) is 0 Å². The Morgan fingerprint density at radius 2 is 2.24 bits per heavy atom. The van der Waals surface area contributed by atoms with Gasteiger partial charge in [0, 0.05) is 30.5 Å². The summed E-state index contributed by atoms with van der Waals surface area (Å²) < 4.78 is 0. The summed E-state index contributed by atoms with van der Waals surface area (Å²) in [5.74, 6) is 0. The number of aromatic nitrogens is 1. The molecule has 0 saturated heterocycles. The fourth-order valence-corrected chi connectivity index (χ4v) is 3.10. The SMILES string of the molecule is CCN(CCO)Cc1cccc(-c2nc(CCN)cs2)c1. The number of nitrogens with two attached hydrogens (primary N) is 1. The number of aliphatic hydroxyl groups is 1. The highest BCUT2D eigenvalue weighted by Crippen LogP contribution is 2.25. The zero-order valence-electron chi connectivity index (χ0n) is 12.5. The number of hydrogen-bond acceptors (Lipinski definition) is 5. The summed E-state index contributed by atoms with van der Waals surface area (Å²) in [6.07, 6.45) is 0.830. The van der Waals surface area contributed by atoms with Crippen molar-refractivity contribution in [2.45, 2.75) is 19.9 Å². The predicted octanol–water partition coefficient (Wildman–Crippen LogP) is 2.13. The van der Waals surface area contributed by atoms with Crippen LogP contribution in [0.25, 0.3) is 10.6 Å². The van der Waals surface area contributed by atoms with E-state index in [-0.39, 0.29) is 6.61 Å². The molecule has 0 unspecified atom stereocenters. The highest BCUT2D eigenvalue weighted by molar-refractivity contribution is 7.13. The molecule has 0 fully saturated rings. The van der Waals surface area contributed by atoms with Crippen molar-refractivity contribution in [2.75, 3.05) is 26.2 Å². The van der Waals surface area contributed by atoms with Crippen molar-refractivity contribution in [2.24, 2.45) is 5.73 Å². The fraction of sp³-hybridized carbons (Fsp3) is 0.438. The molecule has 5 heteroatoms. The molecule has 0 aliphatic heterocycles. The van der Waals surface area contributed by atoms with Crippen molar-refractivity contribution >= 4 is 11.3 Å². The molecule has 4 nitrogen and oxygen atoms in total. The van der Waals surface area contributed by atoms with Crippen LogP contribution in [-0.4, -0.2) is 41.2 Å². The average molecular weight is 305 g/mol. The first-order valence-electron chi connectivity index (χ1n) is 7.33. The Morgan fingerprint density at radius 3 is 2.95 bits per heavy atom. The highest BCUT2D eigenvalue weighted by atomic mass is 32.1. The van der Waals surface area contributed by atoms with Gasteiger partial charge in [-0.05, 0) is 24.7 Å². The quantitative estimate of drug-likeness (QED) is 0.784. The topological polar surface area (TPSA) is 62.4 Å². The lowest BCUT2D eigenvalue weighted by Gasteiger charge is -2.19. The van der Waals surface area contributed by atoms with Gasteiger partial charge in [0.2, 0.25) is 0 Å². The molecule has 0 bridgehead atoms. The minimum Gasteiger partial charge on any atom is -0.395 e. The van der Waals surface area contributed by atoms with Crippen molar-refractivity contribution in [1.29, 1.82) is 0 Å². The van der Waals surface area contributed by atoms with Gasteiger partial charge in [0.25, 0.3) is 0 Å². The molecule has 1 aromatic heterocycles. The van der Waals surface area contributed by atoms with Crippen LogP contribution in [0.1, 0.15) is 18.2 Å². The molecule has 0 aliphatic rings. The molecule has 0 amide bonds. The van der Waals surface area contributed by atoms with Gasteiger partial charge in [-0.25, -0.2) is 4.98 Å². The zero-order chi connectivity index (χ0) is 15.1. The molecule has 0 spiro atoms. The van der Waals surface area contributed by atoms with Gasteiger partial charge in [-0.15, -0.1) is 11.3 Å². The molecule has 114 valence electrons. The highest BCUT2D eigenvalue weighted by Gasteiger charge is 2.07. The summed E-state index contributed by atoms with van der Waals surface area (Å²) in [5.41, 5.74) is 9.04. The molecule has 0 aliphatic carbocycles. The van der Waals surface area contributed by atoms with Crippen LogP contribution in [0.15, 0.2) is 29.6 Å². The van der Waals surface area contributed by atoms with Gasteiger partial charge in [-0.3, -0.25) is 4.90 Å². The van der Waals surface area contributed by atoms with Crippen LogP contribution in [0.3, 0.4) is 0 Å². The second kappa shape index (κ2) is 8.24. The van der Waals surface area contributed by atoms with Gasteiger partial charge >= 0.3 is 0 Å². The van der Waals surface area contributed by atoms with Crippen molar-refractivity contribution in [3.8, 4) is 10.6 Å². The van der Waals surface area contributed by atoms with E-state index in [1.54, 1.807) is 11.3 Å². The van der Waals surface area contributed by atoms with E-state index >= 15 is 0 Å². The van der Waals surface area contributed by atoms with Gasteiger partial charge in [0.15, 0.2) is 0 Å². The normalized spacial score (nSPS) is 11.2. The van der Waals surface area contributed by atoms with Crippen LogP contribution < -0.4 is 5.73 Å². The standard InChI is InChI=1S/C16H23N3OS/c1-2-19(8-9-20)11-13-4-3-5-14(10-13)16-18-15(6-7-17)12-21-16/h3-5,10,12,20H,2,6-9,11,17H2,1H3. The molecule has 0 radical (unpaired) electrons. The minimum absolute atomic E-state index is 0.197. The second-order valence-corrected chi connectivity index (χ2v) is 5.83. The lowest BCUT2D eigenvalue weighted by atomic mass is 10.1. The fourth-order valence-electron chi connectivity index (χ4n) is 2.25. The van der Waals surface area contributed by atoms with Crippen molar-refractivity contribution in [1.82, 2.24) is 9.88 Å². The maximum Gasteiger partial charge on any atom is 0.123 e. The summed E-state index contributed by atoms with van der Waals surface area (Å²) in [6, 6.07) is 8.47. The van der Waals surface area contributed by atoms with E-state index in [0.29, 0.717) is 13.1 Å². The molecule has 21 heavy (non-hydrogen) atoms. The van der Waals surface area contributed by atoms with Crippen molar-refractivity contribution < 1.29 is 5.11 Å². The summed E-state index contributed by atoms with van der Waals surface area (Å²) in [5, 5.41) is 12.2. The number of aliphatic hydroxyl groups excluding tert-OH is 1. The van der Waals surface area contributed by atoms with Crippen LogP contribution >= 0.6 is 11.3 Å². The Labute approximate surface area is 130 Å². The van der Waals surface area contributed by atoms with Crippen LogP contribution in [-0.2, 0) is 13.0 Å². The minimum atomic E-state index is 0.197. The number of thiazole rings is 1. The van der Waals surface area contributed by atoms with Gasteiger partial charge in [-0.2, -0.15) is 0 Å². The number of hydrogen-bond donors (Lipinski definition) is 2. The molecule has 1 heterocycles. The summed E-state index contributed by atoms with van der Waals surface area (Å²) in [6.45, 7) is 5.44. The second-order valence-electron chi connectivity index (χ2n) is 4.98. The van der Waals surface area contributed by atoms with Gasteiger partial charge < -0.3 is 10.8 Å². The van der Waals surface area contributed by atoms with E-state index in [1.807, 2.05) is 0 Å². The molecule has 2 rings (SSSR count). The van der Waals surface area contributed by atoms with E-state index < -0.39 is 0 Å². The van der Waals surface area contributed by atoms with E-state index in [0.717, 1.165) is 35.8 Å². The Bertz CT molecular complexity index is 556. The summed E-state index contributed by atoms with van der Waals surface area (Å²) in [4.78, 5) is 6.85. The van der Waals surface area contributed by atoms with Gasteiger partial charge in [0.05, 0.1) is 12.3 Å². The molecular weight excluding hydrogens is 282 g/mol. The van der Waals surface area contributed by atoms with E-state index in [1.165, 1.54) is 5.56 Å². The number of benzene rings is 1. The maximum absolute atomic E-state index is 9.07. The number of nitrogens with zero attached hydrogens (tertiary/aromatic N) is 2. The molecule has 0 saturated carbocycles. The zero-order valence-corrected chi connectivity index (χ0v) is 13.3. The third-order valence-electron chi connectivity index (χ3n) is 3.40. The number of rotatable bonds is 8. The molecule has 0 atom stereocenters. The average Bonchev–Trinajstić information content (AvgIpc) is 2.96. The van der Waals surface area contributed by atoms with Crippen molar-refractivity contribution in [3.05, 3.63) is 40.9 Å². The van der Waals surface area contributed by atoms with E-state index in [4.69, 9.17) is 10.8 Å². The predicted molar refractivity (Wildman–Crippen MR) is 88.3 cm³/mol. The monoisotopic (exact) mass is 305 g/mol. The van der Waals surface area contributed by atoms with Gasteiger partial charge in [-0.1, -0.05) is 25.1 Å². The Kier molecular flexibility index (Phi) is 6.32. The Hall–Kier alpha value is -1.27. The summed E-state index contributed by atoms with van der Waals surface area (Å²) >= 11 is 1.67. The first-order chi connectivity index (χ1) is 10.3. The van der Waals surface area contributed by atoms with Gasteiger partial charge in [0.1, 0.15) is 5.01 Å². The first-order valence-corrected chi connectivity index (χ1v) is 8.21. The smallest absolute Gasteiger partial charge is 0.123 e. The van der Waals surface area contributed by atoms with Crippen LogP contribution in [0.5, 0.6) is 0 Å². The maximum atomic E-state index is 9.07. The Balaban J connectivity index is 2.12. The molecule has 3 N–H and O–H groups in total. The lowest BCUT2D eigenvalue weighted by Crippen LogP contribution is -2.26. The third-order valence-corrected chi connectivity index (χ3v) is 4.34. The Morgan fingerprint density at radius 1 is 1.38 bits per heavy atom. The largest absolute Gasteiger partial charge is 0.395 e. The van der Waals surface area contributed by atoms with Crippen LogP contribution in [0.2, 0.25) is 0 Å². The van der Waals surface area contributed by atoms with E-state index in [9.17, 15) is 0 Å². The number of likely N-dealkylation sites (N-methyl/N-ethyl adjacent to an activating group) is 1.